The number of fused-ring (bicyclic) bond motifs is 2. The van der Waals surface area contributed by atoms with Crippen LogP contribution in [0.25, 0.3) is 10.9 Å². The number of nitrogens with one attached hydrogen (secondary N) is 1. The molecular formula is C15H14F2N4. The second-order valence-electron chi connectivity index (χ2n) is 5.43. The molecule has 2 aromatic heterocycles. The average Bonchev–Trinajstić information content (AvgIpc) is 3.11. The molecule has 0 saturated carbocycles. The van der Waals surface area contributed by atoms with E-state index in [1.165, 1.54) is 6.07 Å². The summed E-state index contributed by atoms with van der Waals surface area (Å²) in [6.07, 6.45) is 1.07. The Kier molecular flexibility index (Phi) is 2.62. The Labute approximate surface area is 119 Å². The van der Waals surface area contributed by atoms with Crippen LogP contribution in [0.4, 0.5) is 8.78 Å². The summed E-state index contributed by atoms with van der Waals surface area (Å²) in [5.74, 6) is -0.291. The second kappa shape index (κ2) is 4.39. The lowest BCUT2D eigenvalue weighted by Gasteiger charge is -2.08. The zero-order valence-electron chi connectivity index (χ0n) is 11.2. The Morgan fingerprint density at radius 3 is 3.10 bits per heavy atom. The maximum absolute atomic E-state index is 13.7. The summed E-state index contributed by atoms with van der Waals surface area (Å²) in [7, 11) is 0. The quantitative estimate of drug-likeness (QED) is 0.761. The molecule has 21 heavy (non-hydrogen) atoms. The van der Waals surface area contributed by atoms with E-state index < -0.39 is 12.2 Å². The number of imidazole rings is 1. The first kappa shape index (κ1) is 12.5. The van der Waals surface area contributed by atoms with E-state index in [-0.39, 0.29) is 5.82 Å². The molecule has 1 aliphatic heterocycles. The van der Waals surface area contributed by atoms with Crippen LogP contribution in [0.1, 0.15) is 23.1 Å². The standard InChI is InChI=1S/C15H14F2N4/c16-8-4-13-15(19-7-21(13)6-8)14(18)12-5-9-10(17)2-1-3-11(9)20-12/h1-3,5,7-8,14,20H,4,6,18H2/t8-,14?/m1/s1. The van der Waals surface area contributed by atoms with Crippen LogP contribution in [0.3, 0.4) is 0 Å². The number of hydrogen-bond donors (Lipinski definition) is 2. The molecule has 0 spiro atoms. The molecule has 4 nitrogen and oxygen atoms in total. The van der Waals surface area contributed by atoms with Gasteiger partial charge in [-0.2, -0.15) is 0 Å². The number of rotatable bonds is 2. The molecule has 3 heterocycles. The van der Waals surface area contributed by atoms with Crippen LogP contribution in [0.5, 0.6) is 0 Å². The molecule has 2 atom stereocenters. The zero-order valence-corrected chi connectivity index (χ0v) is 11.2. The second-order valence-corrected chi connectivity index (χ2v) is 5.43. The summed E-state index contributed by atoms with van der Waals surface area (Å²) in [6.45, 7) is 0.330. The maximum Gasteiger partial charge on any atom is 0.132 e. The Hall–Kier alpha value is -2.21. The van der Waals surface area contributed by atoms with Crippen LogP contribution < -0.4 is 5.73 Å². The lowest BCUT2D eigenvalue weighted by Crippen LogP contribution is -2.15. The summed E-state index contributed by atoms with van der Waals surface area (Å²) in [5, 5.41) is 0.502. The van der Waals surface area contributed by atoms with Crippen LogP contribution in [-0.2, 0) is 13.0 Å². The summed E-state index contributed by atoms with van der Waals surface area (Å²) in [6, 6.07) is 6.03. The molecule has 6 heteroatoms. The van der Waals surface area contributed by atoms with Gasteiger partial charge >= 0.3 is 0 Å². The van der Waals surface area contributed by atoms with E-state index in [1.807, 2.05) is 0 Å². The van der Waals surface area contributed by atoms with Crippen LogP contribution in [0, 0.1) is 5.82 Å². The highest BCUT2D eigenvalue weighted by Crippen LogP contribution is 2.29. The van der Waals surface area contributed by atoms with Crippen LogP contribution >= 0.6 is 0 Å². The maximum atomic E-state index is 13.7. The Bertz CT molecular complexity index is 820. The number of H-pyrrole nitrogens is 1. The Morgan fingerprint density at radius 2 is 2.29 bits per heavy atom. The summed E-state index contributed by atoms with van der Waals surface area (Å²) >= 11 is 0. The highest BCUT2D eigenvalue weighted by Gasteiger charge is 2.28. The van der Waals surface area contributed by atoms with Gasteiger partial charge in [0.15, 0.2) is 0 Å². The SMILES string of the molecule is NC(c1cc2c(F)cccc2[nH]1)c1ncn2c1C[C@@H](F)C2. The van der Waals surface area contributed by atoms with E-state index in [0.29, 0.717) is 35.3 Å². The van der Waals surface area contributed by atoms with Gasteiger partial charge in [-0.1, -0.05) is 6.07 Å². The number of benzene rings is 1. The molecule has 108 valence electrons. The molecule has 3 aromatic rings. The van der Waals surface area contributed by atoms with Gasteiger partial charge in [0.05, 0.1) is 24.6 Å². The van der Waals surface area contributed by atoms with Gasteiger partial charge in [-0.05, 0) is 18.2 Å². The van der Waals surface area contributed by atoms with Crippen molar-refractivity contribution in [3.05, 3.63) is 53.5 Å². The minimum atomic E-state index is -0.880. The number of nitrogens with two attached hydrogens (primary N) is 1. The molecule has 4 rings (SSSR count). The smallest absolute Gasteiger partial charge is 0.132 e. The summed E-state index contributed by atoms with van der Waals surface area (Å²) in [5.41, 5.74) is 9.10. The molecule has 1 aliphatic rings. The molecule has 3 N–H and O–H groups in total. The van der Waals surface area contributed by atoms with E-state index in [9.17, 15) is 8.78 Å². The largest absolute Gasteiger partial charge is 0.357 e. The number of alkyl halides is 1. The minimum absolute atomic E-state index is 0.291. The first-order chi connectivity index (χ1) is 10.1. The lowest BCUT2D eigenvalue weighted by molar-refractivity contribution is 0.328. The third-order valence-electron chi connectivity index (χ3n) is 4.05. The van der Waals surface area contributed by atoms with E-state index in [2.05, 4.69) is 9.97 Å². The van der Waals surface area contributed by atoms with Gasteiger partial charge in [0.2, 0.25) is 0 Å². The van der Waals surface area contributed by atoms with Crippen molar-refractivity contribution in [3.8, 4) is 0 Å². The molecule has 0 saturated heterocycles. The van der Waals surface area contributed by atoms with E-state index in [4.69, 9.17) is 5.73 Å². The van der Waals surface area contributed by atoms with Crippen molar-refractivity contribution >= 4 is 10.9 Å². The average molecular weight is 288 g/mol. The number of halogens is 2. The third-order valence-corrected chi connectivity index (χ3v) is 4.05. The fourth-order valence-corrected chi connectivity index (χ4v) is 3.00. The minimum Gasteiger partial charge on any atom is -0.357 e. The van der Waals surface area contributed by atoms with Crippen molar-refractivity contribution in [3.63, 3.8) is 0 Å². The van der Waals surface area contributed by atoms with Gasteiger partial charge in [-0.3, -0.25) is 0 Å². The molecule has 1 unspecified atom stereocenters. The van der Waals surface area contributed by atoms with E-state index in [0.717, 1.165) is 5.69 Å². The molecule has 0 radical (unpaired) electrons. The van der Waals surface area contributed by atoms with Crippen molar-refractivity contribution in [2.24, 2.45) is 5.73 Å². The Morgan fingerprint density at radius 1 is 1.43 bits per heavy atom. The normalized spacial score (nSPS) is 19.1. The lowest BCUT2D eigenvalue weighted by atomic mass is 10.1. The first-order valence-electron chi connectivity index (χ1n) is 6.84. The number of aromatic amines is 1. The molecule has 0 bridgehead atoms. The van der Waals surface area contributed by atoms with Crippen LogP contribution in [0.15, 0.2) is 30.6 Å². The monoisotopic (exact) mass is 288 g/mol. The zero-order chi connectivity index (χ0) is 14.6. The van der Waals surface area contributed by atoms with Crippen molar-refractivity contribution in [1.29, 1.82) is 0 Å². The van der Waals surface area contributed by atoms with Crippen molar-refractivity contribution < 1.29 is 8.78 Å². The fourth-order valence-electron chi connectivity index (χ4n) is 3.00. The van der Waals surface area contributed by atoms with E-state index in [1.54, 1.807) is 29.1 Å². The predicted molar refractivity (Wildman–Crippen MR) is 75.1 cm³/mol. The van der Waals surface area contributed by atoms with Crippen molar-refractivity contribution in [2.75, 3.05) is 0 Å². The van der Waals surface area contributed by atoms with E-state index >= 15 is 0 Å². The van der Waals surface area contributed by atoms with Crippen molar-refractivity contribution in [2.45, 2.75) is 25.2 Å². The topological polar surface area (TPSA) is 59.6 Å². The fraction of sp³-hybridized carbons (Fsp3) is 0.267. The first-order valence-corrected chi connectivity index (χ1v) is 6.84. The van der Waals surface area contributed by atoms with Gasteiger partial charge in [0.25, 0.3) is 0 Å². The molecule has 0 amide bonds. The summed E-state index contributed by atoms with van der Waals surface area (Å²) in [4.78, 5) is 7.42. The van der Waals surface area contributed by atoms with Gasteiger partial charge in [-0.25, -0.2) is 13.8 Å². The van der Waals surface area contributed by atoms with Crippen molar-refractivity contribution in [1.82, 2.24) is 14.5 Å². The van der Waals surface area contributed by atoms with Gasteiger partial charge in [0, 0.05) is 28.7 Å². The molecular weight excluding hydrogens is 274 g/mol. The highest BCUT2D eigenvalue weighted by molar-refractivity contribution is 5.81. The number of hydrogen-bond acceptors (Lipinski definition) is 2. The predicted octanol–water partition coefficient (Wildman–Crippen LogP) is 2.45. The number of aromatic nitrogens is 3. The van der Waals surface area contributed by atoms with Crippen LogP contribution in [0.2, 0.25) is 0 Å². The summed E-state index contributed by atoms with van der Waals surface area (Å²) < 4.78 is 29.0. The molecule has 0 fully saturated rings. The van der Waals surface area contributed by atoms with Gasteiger partial charge < -0.3 is 15.3 Å². The van der Waals surface area contributed by atoms with Crippen LogP contribution in [-0.4, -0.2) is 20.7 Å². The number of nitrogens with zero attached hydrogens (tertiary/aromatic N) is 2. The highest BCUT2D eigenvalue weighted by atomic mass is 19.1. The molecule has 0 aliphatic carbocycles. The third kappa shape index (κ3) is 1.86. The Balaban J connectivity index is 1.77. The van der Waals surface area contributed by atoms with Gasteiger partial charge in [0.1, 0.15) is 12.0 Å². The molecule has 1 aromatic carbocycles. The van der Waals surface area contributed by atoms with Gasteiger partial charge in [-0.15, -0.1) is 0 Å².